The third kappa shape index (κ3) is 2.94. The number of pyridine rings is 1. The summed E-state index contributed by atoms with van der Waals surface area (Å²) in [5, 5.41) is 0. The molecule has 10 heteroatoms. The Morgan fingerprint density at radius 3 is 2.73 bits per heavy atom. The molecule has 1 aliphatic heterocycles. The number of rotatable bonds is 4. The zero-order valence-corrected chi connectivity index (χ0v) is 14.4. The number of H-pyrrole nitrogens is 1. The molecule has 0 spiro atoms. The molecule has 5 N–H and O–H groups in total. The highest BCUT2D eigenvalue weighted by Gasteiger charge is 2.19. The zero-order chi connectivity index (χ0) is 18.1. The van der Waals surface area contributed by atoms with Crippen molar-refractivity contribution in [3.05, 3.63) is 12.1 Å². The van der Waals surface area contributed by atoms with E-state index in [1.807, 2.05) is 19.1 Å². The number of fused-ring (bicyclic) bond motifs is 1. The van der Waals surface area contributed by atoms with Crippen LogP contribution in [-0.4, -0.2) is 57.8 Å². The third-order valence-corrected chi connectivity index (χ3v) is 4.11. The van der Waals surface area contributed by atoms with E-state index in [0.717, 1.165) is 24.5 Å². The van der Waals surface area contributed by atoms with Crippen LogP contribution in [0.1, 0.15) is 6.92 Å². The summed E-state index contributed by atoms with van der Waals surface area (Å²) in [6.07, 6.45) is 0. The lowest BCUT2D eigenvalue weighted by Crippen LogP contribution is -2.36. The summed E-state index contributed by atoms with van der Waals surface area (Å²) in [5.41, 5.74) is 13.2. The van der Waals surface area contributed by atoms with Crippen molar-refractivity contribution in [1.82, 2.24) is 24.9 Å². The van der Waals surface area contributed by atoms with Crippen molar-refractivity contribution in [2.45, 2.75) is 6.92 Å². The molecule has 10 nitrogen and oxygen atoms in total. The minimum Gasteiger partial charge on any atom is -0.477 e. The number of nitrogens with zero attached hydrogens (tertiary/aromatic N) is 5. The molecular formula is C16H20N8O2. The lowest BCUT2D eigenvalue weighted by molar-refractivity contribution is 0.122. The third-order valence-electron chi connectivity index (χ3n) is 4.11. The average molecular weight is 356 g/mol. The molecule has 0 aromatic carbocycles. The molecule has 1 aliphatic rings. The van der Waals surface area contributed by atoms with Crippen LogP contribution in [0.3, 0.4) is 0 Å². The summed E-state index contributed by atoms with van der Waals surface area (Å²) in [6, 6.07) is 3.87. The SMILES string of the molecule is CCOc1nc(N2CCOCC2)ccc1-c1nc2nc(N)nc(N)c2[nH]1. The van der Waals surface area contributed by atoms with Crippen LogP contribution in [0.5, 0.6) is 5.88 Å². The molecule has 0 radical (unpaired) electrons. The summed E-state index contributed by atoms with van der Waals surface area (Å²) in [6.45, 7) is 5.38. The van der Waals surface area contributed by atoms with Gasteiger partial charge in [-0.05, 0) is 19.1 Å². The molecule has 4 rings (SSSR count). The van der Waals surface area contributed by atoms with Crippen LogP contribution in [0, 0.1) is 0 Å². The fourth-order valence-corrected chi connectivity index (χ4v) is 2.89. The summed E-state index contributed by atoms with van der Waals surface area (Å²) in [5.74, 6) is 2.23. The van der Waals surface area contributed by atoms with E-state index in [0.29, 0.717) is 42.7 Å². The number of aromatic nitrogens is 5. The number of morpholine rings is 1. The quantitative estimate of drug-likeness (QED) is 0.619. The van der Waals surface area contributed by atoms with Gasteiger partial charge >= 0.3 is 0 Å². The fourth-order valence-electron chi connectivity index (χ4n) is 2.89. The number of ether oxygens (including phenoxy) is 2. The van der Waals surface area contributed by atoms with Gasteiger partial charge in [0, 0.05) is 13.1 Å². The first-order valence-corrected chi connectivity index (χ1v) is 8.41. The Morgan fingerprint density at radius 2 is 1.96 bits per heavy atom. The van der Waals surface area contributed by atoms with E-state index >= 15 is 0 Å². The van der Waals surface area contributed by atoms with Crippen LogP contribution < -0.4 is 21.1 Å². The Hall–Kier alpha value is -3.14. The molecule has 3 aromatic heterocycles. The Morgan fingerprint density at radius 1 is 1.15 bits per heavy atom. The molecule has 0 saturated carbocycles. The van der Waals surface area contributed by atoms with E-state index in [4.69, 9.17) is 20.9 Å². The van der Waals surface area contributed by atoms with Gasteiger partial charge in [0.25, 0.3) is 0 Å². The Kier molecular flexibility index (Phi) is 4.17. The average Bonchev–Trinajstić information content (AvgIpc) is 3.07. The van der Waals surface area contributed by atoms with Crippen LogP contribution in [0.2, 0.25) is 0 Å². The van der Waals surface area contributed by atoms with Gasteiger partial charge in [0.15, 0.2) is 11.5 Å². The minimum absolute atomic E-state index is 0.0823. The molecule has 1 fully saturated rings. The Bertz CT molecular complexity index is 935. The smallest absolute Gasteiger partial charge is 0.226 e. The van der Waals surface area contributed by atoms with Crippen molar-refractivity contribution in [3.8, 4) is 17.3 Å². The summed E-state index contributed by atoms with van der Waals surface area (Å²) < 4.78 is 11.1. The molecule has 0 amide bonds. The second-order valence-electron chi connectivity index (χ2n) is 5.81. The number of nitrogen functional groups attached to an aromatic ring is 2. The second kappa shape index (κ2) is 6.64. The number of nitrogens with one attached hydrogen (secondary N) is 1. The number of hydrogen-bond acceptors (Lipinski definition) is 9. The number of anilines is 3. The number of hydrogen-bond donors (Lipinski definition) is 3. The largest absolute Gasteiger partial charge is 0.477 e. The van der Waals surface area contributed by atoms with Gasteiger partial charge in [-0.2, -0.15) is 15.0 Å². The lowest BCUT2D eigenvalue weighted by Gasteiger charge is -2.28. The van der Waals surface area contributed by atoms with Gasteiger partial charge < -0.3 is 30.8 Å². The van der Waals surface area contributed by atoms with Gasteiger partial charge in [-0.3, -0.25) is 0 Å². The molecule has 4 heterocycles. The van der Waals surface area contributed by atoms with Gasteiger partial charge in [0.2, 0.25) is 11.8 Å². The monoisotopic (exact) mass is 356 g/mol. The Balaban J connectivity index is 1.76. The fraction of sp³-hybridized carbons (Fsp3) is 0.375. The summed E-state index contributed by atoms with van der Waals surface area (Å²) in [4.78, 5) is 22.5. The first-order valence-electron chi connectivity index (χ1n) is 8.41. The molecule has 0 bridgehead atoms. The van der Waals surface area contributed by atoms with Crippen molar-refractivity contribution in [2.75, 3.05) is 49.3 Å². The van der Waals surface area contributed by atoms with E-state index in [1.54, 1.807) is 0 Å². The maximum Gasteiger partial charge on any atom is 0.226 e. The molecule has 3 aromatic rings. The lowest BCUT2D eigenvalue weighted by atomic mass is 10.2. The highest BCUT2D eigenvalue weighted by atomic mass is 16.5. The van der Waals surface area contributed by atoms with E-state index in [9.17, 15) is 0 Å². The topological polar surface area (TPSA) is 141 Å². The number of nitrogens with two attached hydrogens (primary N) is 2. The van der Waals surface area contributed by atoms with Gasteiger partial charge in [-0.15, -0.1) is 0 Å². The van der Waals surface area contributed by atoms with Crippen LogP contribution in [0.4, 0.5) is 17.6 Å². The standard InChI is InChI=1S/C16H20N8O2/c1-2-26-15-9(3-4-10(19-15)24-5-7-25-8-6-24)13-20-11-12(17)21-16(18)23-14(11)22-13/h3-4H,2,5-8H2,1H3,(H5,17,18,20,21,22,23). The highest BCUT2D eigenvalue weighted by Crippen LogP contribution is 2.31. The van der Waals surface area contributed by atoms with Gasteiger partial charge in [0.1, 0.15) is 17.2 Å². The normalized spacial score (nSPS) is 14.7. The van der Waals surface area contributed by atoms with Crippen LogP contribution in [-0.2, 0) is 4.74 Å². The van der Waals surface area contributed by atoms with Gasteiger partial charge in [0.05, 0.1) is 25.4 Å². The molecule has 0 aliphatic carbocycles. The van der Waals surface area contributed by atoms with Crippen LogP contribution >= 0.6 is 0 Å². The molecule has 136 valence electrons. The molecule has 1 saturated heterocycles. The maximum atomic E-state index is 5.90. The first kappa shape index (κ1) is 16.3. The van der Waals surface area contributed by atoms with Crippen molar-refractivity contribution in [3.63, 3.8) is 0 Å². The molecule has 26 heavy (non-hydrogen) atoms. The van der Waals surface area contributed by atoms with Crippen LogP contribution in [0.25, 0.3) is 22.6 Å². The zero-order valence-electron chi connectivity index (χ0n) is 14.4. The summed E-state index contributed by atoms with van der Waals surface area (Å²) in [7, 11) is 0. The predicted octanol–water partition coefficient (Wildman–Crippen LogP) is 0.815. The predicted molar refractivity (Wildman–Crippen MR) is 97.9 cm³/mol. The highest BCUT2D eigenvalue weighted by molar-refractivity contribution is 5.86. The number of aromatic amines is 1. The van der Waals surface area contributed by atoms with E-state index < -0.39 is 0 Å². The van der Waals surface area contributed by atoms with E-state index in [-0.39, 0.29) is 11.8 Å². The van der Waals surface area contributed by atoms with Crippen molar-refractivity contribution in [1.29, 1.82) is 0 Å². The Labute approximate surface area is 149 Å². The molecule has 0 atom stereocenters. The minimum atomic E-state index is 0.0823. The molecular weight excluding hydrogens is 336 g/mol. The maximum absolute atomic E-state index is 5.90. The van der Waals surface area contributed by atoms with Crippen LogP contribution in [0.15, 0.2) is 12.1 Å². The van der Waals surface area contributed by atoms with E-state index in [2.05, 4.69) is 29.8 Å². The van der Waals surface area contributed by atoms with Gasteiger partial charge in [-0.25, -0.2) is 4.98 Å². The first-order chi connectivity index (χ1) is 12.7. The summed E-state index contributed by atoms with van der Waals surface area (Å²) >= 11 is 0. The second-order valence-corrected chi connectivity index (χ2v) is 5.81. The van der Waals surface area contributed by atoms with E-state index in [1.165, 1.54) is 0 Å². The van der Waals surface area contributed by atoms with Gasteiger partial charge in [-0.1, -0.05) is 0 Å². The van der Waals surface area contributed by atoms with Crippen molar-refractivity contribution >= 4 is 28.7 Å². The van der Waals surface area contributed by atoms with Crippen molar-refractivity contribution < 1.29 is 9.47 Å². The number of imidazole rings is 1. The molecule has 0 unspecified atom stereocenters. The van der Waals surface area contributed by atoms with Crippen molar-refractivity contribution in [2.24, 2.45) is 0 Å².